The Kier molecular flexibility index (Phi) is 6.37. The number of hydrogen-bond acceptors (Lipinski definition) is 0. The Morgan fingerprint density at radius 2 is 0.688 bits per heavy atom. The van der Waals surface area contributed by atoms with E-state index >= 15 is 0 Å². The van der Waals surface area contributed by atoms with Crippen molar-refractivity contribution in [3.8, 4) is 0 Å². The molecule has 0 N–H and O–H groups in total. The van der Waals surface area contributed by atoms with Gasteiger partial charge in [0.15, 0.2) is 0 Å². The molecule has 0 saturated carbocycles. The van der Waals surface area contributed by atoms with Crippen molar-refractivity contribution < 1.29 is 15.2 Å². The summed E-state index contributed by atoms with van der Waals surface area (Å²) in [7, 11) is -2.43. The molecule has 0 aliphatic rings. The fourth-order valence-corrected chi connectivity index (χ4v) is 31.1. The molecule has 0 radical (unpaired) electrons. The fraction of sp³-hybridized carbons (Fsp3) is 1.00. The third kappa shape index (κ3) is 11.7. The fourth-order valence-electron chi connectivity index (χ4n) is 2.18. The molecule has 4 heteroatoms. The van der Waals surface area contributed by atoms with Gasteiger partial charge in [0.1, 0.15) is 0 Å². The van der Waals surface area contributed by atoms with Crippen LogP contribution in [0.4, 0.5) is 0 Å². The van der Waals surface area contributed by atoms with Crippen molar-refractivity contribution in [3.05, 3.63) is 0 Å². The van der Waals surface area contributed by atoms with Crippen LogP contribution in [0.25, 0.3) is 0 Å². The van der Waals surface area contributed by atoms with Gasteiger partial charge in [-0.1, -0.05) is 0 Å². The standard InChI is InChI=1S/3C4H11Si.V/c3*1-5(2,3)4;/h3*1H2,2-4H3;. The molecule has 0 aliphatic carbocycles. The van der Waals surface area contributed by atoms with Crippen molar-refractivity contribution >= 4 is 24.2 Å². The van der Waals surface area contributed by atoms with E-state index in [0.717, 1.165) is 0 Å². The second kappa shape index (κ2) is 5.92. The average molecular weight is 313 g/mol. The van der Waals surface area contributed by atoms with Crippen LogP contribution in [-0.4, -0.2) is 24.2 Å². The third-order valence-electron chi connectivity index (χ3n) is 2.09. The molecule has 0 nitrogen and oxygen atoms in total. The van der Waals surface area contributed by atoms with Crippen LogP contribution in [0.2, 0.25) is 73.2 Å². The minimum absolute atomic E-state index is 0.497. The Bertz CT molecular complexity index is 170. The third-order valence-corrected chi connectivity index (χ3v) is 25.9. The zero-order valence-electron chi connectivity index (χ0n) is 13.1. The first-order valence-electron chi connectivity index (χ1n) is 6.51. The Hall–Kier alpha value is 1.24. The molecule has 0 unspecified atom stereocenters. The average Bonchev–Trinajstić information content (AvgIpc) is 1.70. The van der Waals surface area contributed by atoms with Crippen LogP contribution in [0.15, 0.2) is 0 Å². The van der Waals surface area contributed by atoms with Crippen molar-refractivity contribution in [1.82, 2.24) is 0 Å². The van der Waals surface area contributed by atoms with E-state index < -0.39 is 39.4 Å². The van der Waals surface area contributed by atoms with E-state index in [2.05, 4.69) is 58.9 Å². The second-order valence-electron chi connectivity index (χ2n) is 8.83. The molecule has 0 aromatic carbocycles. The molecule has 0 aromatic heterocycles. The first-order chi connectivity index (χ1) is 6.79. The van der Waals surface area contributed by atoms with E-state index in [9.17, 15) is 0 Å². The van der Waals surface area contributed by atoms with E-state index in [1.54, 1.807) is 14.3 Å². The van der Waals surface area contributed by atoms with Gasteiger partial charge >= 0.3 is 113 Å². The zero-order valence-corrected chi connectivity index (χ0v) is 17.5. The Balaban J connectivity index is 4.53. The molecule has 0 saturated heterocycles. The zero-order chi connectivity index (χ0) is 13.2. The van der Waals surface area contributed by atoms with Gasteiger partial charge in [0, 0.05) is 0 Å². The van der Waals surface area contributed by atoms with E-state index in [1.165, 1.54) is 0 Å². The summed E-state index contributed by atoms with van der Waals surface area (Å²) in [6, 6.07) is 0. The monoisotopic (exact) mass is 312 g/mol. The Morgan fingerprint density at radius 1 is 0.500 bits per heavy atom. The van der Waals surface area contributed by atoms with Gasteiger partial charge in [0.2, 0.25) is 0 Å². The predicted octanol–water partition coefficient (Wildman–Crippen LogP) is 5.49. The number of rotatable bonds is 6. The first-order valence-corrected chi connectivity index (χ1v) is 20.6. The van der Waals surface area contributed by atoms with Gasteiger partial charge in [-0.05, 0) is 0 Å². The summed E-state index contributed by atoms with van der Waals surface area (Å²) in [4.78, 5) is 0. The minimum atomic E-state index is -0.811. The van der Waals surface area contributed by atoms with Gasteiger partial charge in [0.25, 0.3) is 0 Å². The van der Waals surface area contributed by atoms with Gasteiger partial charge in [-0.3, -0.25) is 0 Å². The molecule has 0 fully saturated rings. The van der Waals surface area contributed by atoms with Gasteiger partial charge in [-0.2, -0.15) is 0 Å². The molecule has 0 aliphatic heterocycles. The van der Waals surface area contributed by atoms with Crippen LogP contribution in [0.5, 0.6) is 0 Å². The first kappa shape index (κ1) is 17.2. The van der Waals surface area contributed by atoms with E-state index in [0.29, 0.717) is 0 Å². The SMILES string of the molecule is C[Si](C)(C)[CH2][V]([CH2][Si](C)(C)C)[CH2][Si](C)(C)C. The van der Waals surface area contributed by atoms with Crippen molar-refractivity contribution in [2.24, 2.45) is 0 Å². The summed E-state index contributed by atoms with van der Waals surface area (Å²) in [5.41, 5.74) is 0. The van der Waals surface area contributed by atoms with E-state index in [-0.39, 0.29) is 0 Å². The molecular weight excluding hydrogens is 279 g/mol. The van der Waals surface area contributed by atoms with Gasteiger partial charge in [-0.25, -0.2) is 0 Å². The summed E-state index contributed by atoms with van der Waals surface area (Å²) in [6.07, 6.45) is 0. The van der Waals surface area contributed by atoms with Crippen molar-refractivity contribution in [2.45, 2.75) is 73.2 Å². The van der Waals surface area contributed by atoms with Gasteiger partial charge in [0.05, 0.1) is 0 Å². The van der Waals surface area contributed by atoms with E-state index in [4.69, 9.17) is 0 Å². The molecule has 0 atom stereocenters. The summed E-state index contributed by atoms with van der Waals surface area (Å²) in [5.74, 6) is 0. The molecule has 0 spiro atoms. The normalized spacial score (nSPS) is 14.6. The Morgan fingerprint density at radius 3 is 0.812 bits per heavy atom. The van der Waals surface area contributed by atoms with Crippen molar-refractivity contribution in [3.63, 3.8) is 0 Å². The van der Waals surface area contributed by atoms with Crippen LogP contribution in [0.1, 0.15) is 0 Å². The van der Waals surface area contributed by atoms with Crippen LogP contribution < -0.4 is 0 Å². The summed E-state index contributed by atoms with van der Waals surface area (Å²) in [6.45, 7) is 23.2. The van der Waals surface area contributed by atoms with Crippen LogP contribution in [0.3, 0.4) is 0 Å². The maximum absolute atomic E-state index is 2.57. The van der Waals surface area contributed by atoms with E-state index in [1.807, 2.05) is 0 Å². The summed E-state index contributed by atoms with van der Waals surface area (Å²) >= 11 is -0.497. The van der Waals surface area contributed by atoms with Crippen LogP contribution in [0, 0.1) is 0 Å². The molecule has 16 heavy (non-hydrogen) atoms. The summed E-state index contributed by atoms with van der Waals surface area (Å²) in [5, 5.41) is 0. The summed E-state index contributed by atoms with van der Waals surface area (Å²) < 4.78 is 5.11. The van der Waals surface area contributed by atoms with Gasteiger partial charge < -0.3 is 0 Å². The van der Waals surface area contributed by atoms with Crippen LogP contribution in [-0.2, 0) is 15.2 Å². The molecular formula is C12H33Si3V. The van der Waals surface area contributed by atoms with Gasteiger partial charge in [-0.15, -0.1) is 0 Å². The predicted molar refractivity (Wildman–Crippen MR) is 84.5 cm³/mol. The van der Waals surface area contributed by atoms with Crippen LogP contribution >= 0.6 is 0 Å². The molecule has 98 valence electrons. The second-order valence-corrected chi connectivity index (χ2v) is 31.7. The molecule has 0 heterocycles. The molecule has 0 bridgehead atoms. The van der Waals surface area contributed by atoms with Crippen molar-refractivity contribution in [1.29, 1.82) is 0 Å². The maximum atomic E-state index is 2.57. The molecule has 0 aromatic rings. The quantitative estimate of drug-likeness (QED) is 0.569. The van der Waals surface area contributed by atoms with Crippen molar-refractivity contribution in [2.75, 3.05) is 0 Å². The molecule has 0 rings (SSSR count). The number of hydrogen-bond donors (Lipinski definition) is 0. The molecule has 0 amide bonds. The Labute approximate surface area is 112 Å². The topological polar surface area (TPSA) is 0 Å².